The van der Waals surface area contributed by atoms with Gasteiger partial charge in [0.05, 0.1) is 0 Å². The van der Waals surface area contributed by atoms with Crippen LogP contribution in [0, 0.1) is 6.92 Å². The molecule has 0 atom stereocenters. The Morgan fingerprint density at radius 3 is 1.94 bits per heavy atom. The molecule has 0 aliphatic heterocycles. The third kappa shape index (κ3) is 7.52. The van der Waals surface area contributed by atoms with Gasteiger partial charge in [0.25, 0.3) is 0 Å². The fourth-order valence-electron chi connectivity index (χ4n) is 2.37. The smallest absolute Gasteiger partial charge is 0.106 e. The van der Waals surface area contributed by atoms with Crippen LogP contribution in [-0.4, -0.2) is 9.97 Å². The lowest BCUT2D eigenvalue weighted by Gasteiger charge is -2.01. The molecule has 1 rings (SSSR count). The van der Waals surface area contributed by atoms with Gasteiger partial charge >= 0.3 is 0 Å². The molecule has 0 aromatic carbocycles. The zero-order valence-electron chi connectivity index (χ0n) is 12.3. The van der Waals surface area contributed by atoms with Gasteiger partial charge in [-0.05, 0) is 13.3 Å². The fourth-order valence-corrected chi connectivity index (χ4v) is 2.37. The van der Waals surface area contributed by atoms with Crippen LogP contribution in [0.4, 0.5) is 0 Å². The molecule has 0 radical (unpaired) electrons. The number of aryl methyl sites for hydroxylation is 2. The first kappa shape index (κ1) is 15.3. The first-order chi connectivity index (χ1) is 8.83. The summed E-state index contributed by atoms with van der Waals surface area (Å²) in [4.78, 5) is 7.63. The summed E-state index contributed by atoms with van der Waals surface area (Å²) in [6.07, 6.45) is 17.0. The van der Waals surface area contributed by atoms with Crippen LogP contribution in [-0.2, 0) is 6.42 Å². The Morgan fingerprint density at radius 1 is 0.889 bits per heavy atom. The highest BCUT2D eigenvalue weighted by Gasteiger charge is 1.97. The summed E-state index contributed by atoms with van der Waals surface area (Å²) in [5.74, 6) is 1.16. The second kappa shape index (κ2) is 10.2. The third-order valence-electron chi connectivity index (χ3n) is 3.52. The Balaban J connectivity index is 1.81. The molecule has 18 heavy (non-hydrogen) atoms. The molecule has 0 bridgehead atoms. The van der Waals surface area contributed by atoms with Gasteiger partial charge < -0.3 is 4.98 Å². The molecule has 0 aliphatic rings. The van der Waals surface area contributed by atoms with E-state index in [4.69, 9.17) is 0 Å². The van der Waals surface area contributed by atoms with E-state index >= 15 is 0 Å². The van der Waals surface area contributed by atoms with Gasteiger partial charge in [-0.2, -0.15) is 0 Å². The van der Waals surface area contributed by atoms with Crippen LogP contribution in [0.5, 0.6) is 0 Å². The van der Waals surface area contributed by atoms with Crippen molar-refractivity contribution in [1.82, 2.24) is 9.97 Å². The van der Waals surface area contributed by atoms with E-state index in [-0.39, 0.29) is 0 Å². The van der Waals surface area contributed by atoms with Crippen molar-refractivity contribution < 1.29 is 0 Å². The summed E-state index contributed by atoms with van der Waals surface area (Å²) in [5.41, 5.74) is 1.18. The van der Waals surface area contributed by atoms with Gasteiger partial charge in [0.2, 0.25) is 0 Å². The van der Waals surface area contributed by atoms with Gasteiger partial charge in [0.1, 0.15) is 5.82 Å². The maximum atomic E-state index is 4.34. The van der Waals surface area contributed by atoms with Crippen LogP contribution >= 0.6 is 0 Å². The number of unbranched alkanes of at least 4 members (excludes halogenated alkanes) is 9. The molecular weight excluding hydrogens is 220 g/mol. The summed E-state index contributed by atoms with van der Waals surface area (Å²) in [6.45, 7) is 4.34. The van der Waals surface area contributed by atoms with Crippen LogP contribution in [0.15, 0.2) is 6.20 Å². The van der Waals surface area contributed by atoms with Crippen LogP contribution in [0.25, 0.3) is 0 Å². The second-order valence-corrected chi connectivity index (χ2v) is 5.44. The van der Waals surface area contributed by atoms with Crippen molar-refractivity contribution in [3.05, 3.63) is 17.7 Å². The Kier molecular flexibility index (Phi) is 8.62. The number of nitrogens with zero attached hydrogens (tertiary/aromatic N) is 1. The summed E-state index contributed by atoms with van der Waals surface area (Å²) >= 11 is 0. The van der Waals surface area contributed by atoms with Crippen molar-refractivity contribution in [3.8, 4) is 0 Å². The largest absolute Gasteiger partial charge is 0.346 e. The van der Waals surface area contributed by atoms with E-state index in [1.165, 1.54) is 69.9 Å². The highest BCUT2D eigenvalue weighted by atomic mass is 14.9. The molecule has 0 spiro atoms. The fraction of sp³-hybridized carbons (Fsp3) is 0.812. The maximum Gasteiger partial charge on any atom is 0.106 e. The van der Waals surface area contributed by atoms with E-state index in [0.29, 0.717) is 0 Å². The molecule has 2 heteroatoms. The van der Waals surface area contributed by atoms with E-state index in [9.17, 15) is 0 Å². The van der Waals surface area contributed by atoms with Crippen LogP contribution < -0.4 is 0 Å². The van der Waals surface area contributed by atoms with Crippen molar-refractivity contribution in [3.63, 3.8) is 0 Å². The normalized spacial score (nSPS) is 11.0. The average molecular weight is 250 g/mol. The molecule has 104 valence electrons. The van der Waals surface area contributed by atoms with Crippen LogP contribution in [0.2, 0.25) is 0 Å². The number of imidazole rings is 1. The molecule has 2 nitrogen and oxygen atoms in total. The van der Waals surface area contributed by atoms with Crippen molar-refractivity contribution in [2.75, 3.05) is 0 Å². The first-order valence-electron chi connectivity index (χ1n) is 7.83. The Hall–Kier alpha value is -0.790. The molecule has 0 saturated carbocycles. The van der Waals surface area contributed by atoms with Crippen molar-refractivity contribution >= 4 is 0 Å². The Morgan fingerprint density at radius 2 is 1.44 bits per heavy atom. The lowest BCUT2D eigenvalue weighted by molar-refractivity contribution is 0.554. The van der Waals surface area contributed by atoms with Crippen molar-refractivity contribution in [1.29, 1.82) is 0 Å². The van der Waals surface area contributed by atoms with E-state index in [1.54, 1.807) is 0 Å². The molecular formula is C16H30N2. The lowest BCUT2D eigenvalue weighted by atomic mass is 10.1. The summed E-state index contributed by atoms with van der Waals surface area (Å²) in [6, 6.07) is 0. The average Bonchev–Trinajstić information content (AvgIpc) is 2.77. The highest BCUT2D eigenvalue weighted by molar-refractivity contribution is 4.98. The Labute approximate surface area is 113 Å². The highest BCUT2D eigenvalue weighted by Crippen LogP contribution is 2.11. The van der Waals surface area contributed by atoms with Crippen molar-refractivity contribution in [2.45, 2.75) is 84.5 Å². The summed E-state index contributed by atoms with van der Waals surface area (Å²) in [7, 11) is 0. The van der Waals surface area contributed by atoms with Crippen molar-refractivity contribution in [2.24, 2.45) is 0 Å². The predicted molar refractivity (Wildman–Crippen MR) is 78.9 cm³/mol. The zero-order valence-corrected chi connectivity index (χ0v) is 12.3. The molecule has 1 aromatic rings. The second-order valence-electron chi connectivity index (χ2n) is 5.44. The number of nitrogens with one attached hydrogen (secondary N) is 1. The molecule has 0 aliphatic carbocycles. The molecule has 1 heterocycles. The number of aromatic nitrogens is 2. The first-order valence-corrected chi connectivity index (χ1v) is 7.83. The van der Waals surface area contributed by atoms with Gasteiger partial charge in [0.15, 0.2) is 0 Å². The van der Waals surface area contributed by atoms with E-state index in [1.807, 2.05) is 6.20 Å². The number of hydrogen-bond acceptors (Lipinski definition) is 1. The number of H-pyrrole nitrogens is 1. The molecule has 0 unspecified atom stereocenters. The van der Waals surface area contributed by atoms with Gasteiger partial charge in [-0.3, -0.25) is 0 Å². The van der Waals surface area contributed by atoms with E-state index in [2.05, 4.69) is 23.8 Å². The molecule has 1 aromatic heterocycles. The maximum absolute atomic E-state index is 4.34. The van der Waals surface area contributed by atoms with Gasteiger partial charge in [-0.1, -0.05) is 64.7 Å². The summed E-state index contributed by atoms with van der Waals surface area (Å²) < 4.78 is 0. The minimum absolute atomic E-state index is 1.12. The Bertz CT molecular complexity index is 291. The van der Waals surface area contributed by atoms with Gasteiger partial charge in [0, 0.05) is 18.3 Å². The predicted octanol–water partition coefficient (Wildman–Crippen LogP) is 5.18. The zero-order chi connectivity index (χ0) is 13.1. The molecule has 0 amide bonds. The lowest BCUT2D eigenvalue weighted by Crippen LogP contribution is -1.89. The van der Waals surface area contributed by atoms with E-state index < -0.39 is 0 Å². The standard InChI is InChI=1S/C16H30N2/c1-3-4-5-6-7-8-9-10-11-12-13-16-17-14-15(2)18-16/h14H,3-13H2,1-2H3,(H,17,18). The number of aromatic amines is 1. The molecule has 1 N–H and O–H groups in total. The monoisotopic (exact) mass is 250 g/mol. The minimum atomic E-state index is 1.12. The SMILES string of the molecule is CCCCCCCCCCCCc1ncc(C)[nH]1. The quantitative estimate of drug-likeness (QED) is 0.538. The minimum Gasteiger partial charge on any atom is -0.346 e. The van der Waals surface area contributed by atoms with Crippen LogP contribution in [0.1, 0.15) is 82.7 Å². The van der Waals surface area contributed by atoms with E-state index in [0.717, 1.165) is 12.2 Å². The molecule has 0 fully saturated rings. The van der Waals surface area contributed by atoms with Gasteiger partial charge in [-0.25, -0.2) is 4.98 Å². The number of rotatable bonds is 11. The topological polar surface area (TPSA) is 28.7 Å². The van der Waals surface area contributed by atoms with Gasteiger partial charge in [-0.15, -0.1) is 0 Å². The van der Waals surface area contributed by atoms with Crippen LogP contribution in [0.3, 0.4) is 0 Å². The summed E-state index contributed by atoms with van der Waals surface area (Å²) in [5, 5.41) is 0. The molecule has 0 saturated heterocycles. The number of hydrogen-bond donors (Lipinski definition) is 1. The third-order valence-corrected chi connectivity index (χ3v) is 3.52.